The van der Waals surface area contributed by atoms with Gasteiger partial charge in [-0.3, -0.25) is 14.2 Å². The van der Waals surface area contributed by atoms with Gasteiger partial charge in [0.2, 0.25) is 22.3 Å². The lowest BCUT2D eigenvalue weighted by molar-refractivity contribution is -0.121. The summed E-state index contributed by atoms with van der Waals surface area (Å²) in [7, 11) is -2.33. The maximum atomic E-state index is 12.8. The summed E-state index contributed by atoms with van der Waals surface area (Å²) in [4.78, 5) is 35.7. The van der Waals surface area contributed by atoms with Crippen molar-refractivity contribution in [2.75, 3.05) is 33.2 Å². The first-order chi connectivity index (χ1) is 12.4. The Morgan fingerprint density at radius 1 is 1.27 bits per heavy atom. The first-order valence-corrected chi connectivity index (χ1v) is 9.34. The van der Waals surface area contributed by atoms with Gasteiger partial charge in [0.25, 0.3) is 0 Å². The van der Waals surface area contributed by atoms with Gasteiger partial charge in [0.05, 0.1) is 10.4 Å². The Morgan fingerprint density at radius 2 is 1.96 bits per heavy atom. The summed E-state index contributed by atoms with van der Waals surface area (Å²) in [6.45, 7) is 0.814. The molecule has 2 amide bonds. The zero-order valence-corrected chi connectivity index (χ0v) is 14.9. The van der Waals surface area contributed by atoms with E-state index in [4.69, 9.17) is 4.42 Å². The quantitative estimate of drug-likeness (QED) is 0.649. The summed E-state index contributed by atoms with van der Waals surface area (Å²) in [6.07, 6.45) is 0.694. The van der Waals surface area contributed by atoms with Crippen molar-refractivity contribution < 1.29 is 22.4 Å². The lowest BCUT2D eigenvalue weighted by Crippen LogP contribution is -2.47. The van der Waals surface area contributed by atoms with Crippen LogP contribution in [0.15, 0.2) is 32.3 Å². The van der Waals surface area contributed by atoms with E-state index in [1.807, 2.05) is 0 Å². The van der Waals surface area contributed by atoms with Gasteiger partial charge in [0, 0.05) is 39.3 Å². The summed E-state index contributed by atoms with van der Waals surface area (Å²) < 4.78 is 33.1. The number of aromatic nitrogens is 1. The largest absolute Gasteiger partial charge is 0.420 e. The van der Waals surface area contributed by atoms with Crippen molar-refractivity contribution in [2.45, 2.75) is 11.4 Å². The van der Waals surface area contributed by atoms with Crippen molar-refractivity contribution in [1.29, 1.82) is 0 Å². The summed E-state index contributed by atoms with van der Waals surface area (Å²) in [5.74, 6) is -1.11. The number of piperazine rings is 1. The highest BCUT2D eigenvalue weighted by Gasteiger charge is 2.29. The third kappa shape index (κ3) is 3.22. The monoisotopic (exact) mass is 382 g/mol. The molecule has 2 heterocycles. The van der Waals surface area contributed by atoms with E-state index >= 15 is 0 Å². The minimum absolute atomic E-state index is 0.00889. The van der Waals surface area contributed by atoms with Crippen LogP contribution in [0.3, 0.4) is 0 Å². The number of hydrogen-bond acceptors (Lipinski definition) is 6. The zero-order valence-electron chi connectivity index (χ0n) is 14.0. The van der Waals surface area contributed by atoms with Crippen LogP contribution in [0.4, 0.5) is 0 Å². The van der Waals surface area contributed by atoms with Crippen LogP contribution in [0.5, 0.6) is 0 Å². The van der Waals surface area contributed by atoms with Gasteiger partial charge in [-0.2, -0.15) is 4.31 Å². The van der Waals surface area contributed by atoms with E-state index in [-0.39, 0.29) is 36.0 Å². The molecule has 11 heteroatoms. The summed E-state index contributed by atoms with van der Waals surface area (Å²) in [5, 5.41) is 2.41. The van der Waals surface area contributed by atoms with Crippen molar-refractivity contribution in [2.24, 2.45) is 0 Å². The van der Waals surface area contributed by atoms with E-state index in [1.54, 1.807) is 0 Å². The van der Waals surface area contributed by atoms with E-state index < -0.39 is 15.8 Å². The molecule has 3 rings (SSSR count). The molecule has 1 saturated heterocycles. The summed E-state index contributed by atoms with van der Waals surface area (Å²) in [5.41, 5.74) is 0.426. The van der Waals surface area contributed by atoms with Gasteiger partial charge >= 0.3 is 5.76 Å². The van der Waals surface area contributed by atoms with Crippen LogP contribution in [0.25, 0.3) is 11.1 Å². The first-order valence-electron chi connectivity index (χ1n) is 7.90. The molecule has 1 N–H and O–H groups in total. The van der Waals surface area contributed by atoms with Crippen LogP contribution >= 0.6 is 0 Å². The van der Waals surface area contributed by atoms with Crippen LogP contribution in [0, 0.1) is 0 Å². The van der Waals surface area contributed by atoms with Crippen molar-refractivity contribution in [3.63, 3.8) is 0 Å². The van der Waals surface area contributed by atoms with Gasteiger partial charge in [0.15, 0.2) is 5.58 Å². The molecule has 1 aliphatic heterocycles. The second-order valence-corrected chi connectivity index (χ2v) is 7.74. The SMILES string of the molecule is CNC(=O)Cn1c(=O)oc2cc(S(=O)(=O)N3CCN(C=O)CC3)ccc21. The number of carbonyl (C=O) groups is 2. The fourth-order valence-corrected chi connectivity index (χ4v) is 4.22. The second-order valence-electron chi connectivity index (χ2n) is 5.80. The number of sulfonamides is 1. The van der Waals surface area contributed by atoms with Gasteiger partial charge in [-0.15, -0.1) is 0 Å². The van der Waals surface area contributed by atoms with Crippen LogP contribution in [0.1, 0.15) is 0 Å². The maximum Gasteiger partial charge on any atom is 0.420 e. The smallest absolute Gasteiger partial charge is 0.408 e. The van der Waals surface area contributed by atoms with Crippen molar-refractivity contribution in [3.8, 4) is 0 Å². The van der Waals surface area contributed by atoms with Gasteiger partial charge < -0.3 is 14.6 Å². The predicted octanol–water partition coefficient (Wildman–Crippen LogP) is -1.20. The molecule has 140 valence electrons. The second kappa shape index (κ2) is 6.92. The van der Waals surface area contributed by atoms with Crippen LogP contribution in [-0.2, 0) is 26.2 Å². The lowest BCUT2D eigenvalue weighted by Gasteiger charge is -2.31. The number of amides is 2. The highest BCUT2D eigenvalue weighted by molar-refractivity contribution is 7.89. The number of nitrogens with zero attached hydrogens (tertiary/aromatic N) is 3. The molecule has 10 nitrogen and oxygen atoms in total. The van der Waals surface area contributed by atoms with Gasteiger partial charge in [0.1, 0.15) is 6.54 Å². The molecule has 1 aliphatic rings. The molecule has 0 aliphatic carbocycles. The normalized spacial score (nSPS) is 16.0. The minimum Gasteiger partial charge on any atom is -0.408 e. The van der Waals surface area contributed by atoms with E-state index in [0.29, 0.717) is 25.0 Å². The molecule has 2 aromatic rings. The average molecular weight is 382 g/mol. The molecule has 1 aromatic heterocycles. The summed E-state index contributed by atoms with van der Waals surface area (Å²) >= 11 is 0. The fourth-order valence-electron chi connectivity index (χ4n) is 2.78. The molecule has 0 radical (unpaired) electrons. The minimum atomic E-state index is -3.78. The topological polar surface area (TPSA) is 122 Å². The standard InChI is InChI=1S/C15H18N4O6S/c1-16-14(21)9-19-12-3-2-11(8-13(12)25-15(19)22)26(23,24)18-6-4-17(10-20)5-7-18/h2-3,8,10H,4-7,9H2,1H3,(H,16,21). The molecule has 0 bridgehead atoms. The van der Waals surface area contributed by atoms with E-state index in [0.717, 1.165) is 4.57 Å². The number of fused-ring (bicyclic) bond motifs is 1. The fraction of sp³-hybridized carbons (Fsp3) is 0.400. The Kier molecular flexibility index (Phi) is 4.83. The third-order valence-electron chi connectivity index (χ3n) is 4.28. The van der Waals surface area contributed by atoms with E-state index in [9.17, 15) is 22.8 Å². The molecule has 0 atom stereocenters. The van der Waals surface area contributed by atoms with E-state index in [1.165, 1.54) is 34.5 Å². The zero-order chi connectivity index (χ0) is 18.9. The third-order valence-corrected chi connectivity index (χ3v) is 6.17. The number of hydrogen-bond donors (Lipinski definition) is 1. The molecular formula is C15H18N4O6S. The van der Waals surface area contributed by atoms with Crippen LogP contribution in [-0.4, -0.2) is 67.7 Å². The molecule has 0 spiro atoms. The number of oxazole rings is 1. The number of benzene rings is 1. The Labute approximate surface area is 149 Å². The predicted molar refractivity (Wildman–Crippen MR) is 90.9 cm³/mol. The number of nitrogens with one attached hydrogen (secondary N) is 1. The summed E-state index contributed by atoms with van der Waals surface area (Å²) in [6, 6.07) is 4.09. The number of carbonyl (C=O) groups excluding carboxylic acids is 2. The van der Waals surface area contributed by atoms with Gasteiger partial charge in [-0.05, 0) is 12.1 Å². The lowest BCUT2D eigenvalue weighted by atomic mass is 10.3. The van der Waals surface area contributed by atoms with Crippen molar-refractivity contribution in [3.05, 3.63) is 28.7 Å². The molecule has 1 fully saturated rings. The molecule has 0 unspecified atom stereocenters. The maximum absolute atomic E-state index is 12.8. The molecular weight excluding hydrogens is 364 g/mol. The Morgan fingerprint density at radius 3 is 2.58 bits per heavy atom. The average Bonchev–Trinajstić information content (AvgIpc) is 2.96. The number of rotatable bonds is 5. The van der Waals surface area contributed by atoms with Gasteiger partial charge in [-0.25, -0.2) is 13.2 Å². The highest BCUT2D eigenvalue weighted by Crippen LogP contribution is 2.22. The van der Waals surface area contributed by atoms with Gasteiger partial charge in [-0.1, -0.05) is 0 Å². The Hall–Kier alpha value is -2.66. The Balaban J connectivity index is 1.93. The molecule has 0 saturated carbocycles. The van der Waals surface area contributed by atoms with Crippen molar-refractivity contribution >= 4 is 33.4 Å². The first kappa shape index (κ1) is 18.1. The molecule has 26 heavy (non-hydrogen) atoms. The molecule has 1 aromatic carbocycles. The van der Waals surface area contributed by atoms with Crippen LogP contribution in [0.2, 0.25) is 0 Å². The number of likely N-dealkylation sites (N-methyl/N-ethyl adjacent to an activating group) is 1. The Bertz CT molecular complexity index is 1000. The van der Waals surface area contributed by atoms with Crippen LogP contribution < -0.4 is 11.1 Å². The van der Waals surface area contributed by atoms with Crippen molar-refractivity contribution in [1.82, 2.24) is 19.1 Å². The van der Waals surface area contributed by atoms with E-state index in [2.05, 4.69) is 5.32 Å². The highest BCUT2D eigenvalue weighted by atomic mass is 32.2.